The molecule has 5 fully saturated rings. The molecule has 53 heavy (non-hydrogen) atoms. The van der Waals surface area contributed by atoms with Gasteiger partial charge in [-0.3, -0.25) is 10.00 Å². The standard InChI is InChI=1S/C40H52FN7O5/c1-24-17-28-27(18-42-46-28)30(25(24)2)33-32(41)34-31(36(43-33)50-4)35(47-15-16-51-20-38(3,49)19-47)45-37(44-34)53-23-40-10-5-7-29(40)48(14-6-11-40)26-8-12-39(13-9-26)21-52-22-39/h17-18,26,29,49H,5-16,19-23H2,1-4H3,(H,42,46)/t29-,38+,40-/m1/s1. The second kappa shape index (κ2) is 13.3. The predicted molar refractivity (Wildman–Crippen MR) is 199 cm³/mol. The zero-order valence-corrected chi connectivity index (χ0v) is 31.5. The Morgan fingerprint density at radius 1 is 1.02 bits per heavy atom. The Morgan fingerprint density at radius 2 is 1.83 bits per heavy atom. The monoisotopic (exact) mass is 729 g/mol. The normalized spacial score (nSPS) is 28.0. The number of piperidine rings is 1. The van der Waals surface area contributed by atoms with E-state index in [1.165, 1.54) is 45.6 Å². The largest absolute Gasteiger partial charge is 0.480 e. The Morgan fingerprint density at radius 3 is 2.60 bits per heavy atom. The fraction of sp³-hybridized carbons (Fsp3) is 0.650. The molecule has 0 bridgehead atoms. The number of hydrogen-bond donors (Lipinski definition) is 2. The number of halogens is 1. The van der Waals surface area contributed by atoms with Crippen molar-refractivity contribution < 1.29 is 28.4 Å². The minimum Gasteiger partial charge on any atom is -0.480 e. The number of methoxy groups -OCH3 is 1. The van der Waals surface area contributed by atoms with Gasteiger partial charge in [0.1, 0.15) is 28.0 Å². The maximum atomic E-state index is 17.3. The van der Waals surface area contributed by atoms with Crippen LogP contribution in [0.4, 0.5) is 10.2 Å². The number of rotatable bonds is 7. The van der Waals surface area contributed by atoms with Crippen molar-refractivity contribution in [3.63, 3.8) is 0 Å². The number of aryl methyl sites for hydroxylation is 1. The van der Waals surface area contributed by atoms with E-state index in [-0.39, 0.29) is 41.7 Å². The number of benzene rings is 1. The van der Waals surface area contributed by atoms with Gasteiger partial charge in [0, 0.05) is 40.4 Å². The third-order valence-electron chi connectivity index (χ3n) is 13.3. The molecule has 3 saturated heterocycles. The Bertz CT molecular complexity index is 2020. The highest BCUT2D eigenvalue weighted by Crippen LogP contribution is 2.52. The van der Waals surface area contributed by atoms with Crippen LogP contribution in [-0.4, -0.2) is 113 Å². The minimum absolute atomic E-state index is 0.0171. The van der Waals surface area contributed by atoms with Gasteiger partial charge >= 0.3 is 6.01 Å². The first kappa shape index (κ1) is 35.1. The number of β-amino-alcohol motifs (C(OH)–C–C–N with tert-alkyl or cyclic N) is 1. The van der Waals surface area contributed by atoms with Crippen LogP contribution in [0.2, 0.25) is 0 Å². The molecule has 3 aromatic heterocycles. The lowest BCUT2D eigenvalue weighted by molar-refractivity contribution is -0.143. The summed E-state index contributed by atoms with van der Waals surface area (Å²) >= 11 is 0. The average molecular weight is 730 g/mol. The summed E-state index contributed by atoms with van der Waals surface area (Å²) in [5, 5.41) is 19.6. The zero-order chi connectivity index (χ0) is 36.5. The number of aromatic nitrogens is 5. The quantitative estimate of drug-likeness (QED) is 0.236. The van der Waals surface area contributed by atoms with Crippen LogP contribution in [0.3, 0.4) is 0 Å². The number of fused-ring (bicyclic) bond motifs is 3. The highest BCUT2D eigenvalue weighted by Gasteiger charge is 2.52. The molecule has 9 rings (SSSR count). The summed E-state index contributed by atoms with van der Waals surface area (Å²) in [6, 6.07) is 3.17. The van der Waals surface area contributed by atoms with E-state index in [0.29, 0.717) is 54.0 Å². The summed E-state index contributed by atoms with van der Waals surface area (Å²) in [5.74, 6) is 0.0123. The second-order valence-corrected chi connectivity index (χ2v) is 17.0. The van der Waals surface area contributed by atoms with Gasteiger partial charge in [0.25, 0.3) is 0 Å². The fourth-order valence-corrected chi connectivity index (χ4v) is 10.3. The summed E-state index contributed by atoms with van der Waals surface area (Å²) in [6.45, 7) is 10.3. The van der Waals surface area contributed by atoms with Crippen LogP contribution >= 0.6 is 0 Å². The maximum Gasteiger partial charge on any atom is 0.319 e. The number of nitrogens with zero attached hydrogens (tertiary/aromatic N) is 6. The number of anilines is 1. The molecule has 2 N–H and O–H groups in total. The highest BCUT2D eigenvalue weighted by atomic mass is 19.1. The number of hydrogen-bond acceptors (Lipinski definition) is 11. The van der Waals surface area contributed by atoms with Gasteiger partial charge in [0.15, 0.2) is 5.82 Å². The first-order valence-corrected chi connectivity index (χ1v) is 19.5. The van der Waals surface area contributed by atoms with E-state index in [1.807, 2.05) is 24.8 Å². The highest BCUT2D eigenvalue weighted by molar-refractivity contribution is 6.01. The molecule has 4 aromatic rings. The SMILES string of the molecule is COc1nc(-c2c(C)c(C)cc3[nH]ncc23)c(F)c2nc(OC[C@]34CCC[C@H]3N(C3CCC5(CC3)COC5)CCC4)nc(N3CCOC[C@@](C)(O)C3)c12. The molecular weight excluding hydrogens is 677 g/mol. The third-order valence-corrected chi connectivity index (χ3v) is 13.3. The number of nitrogens with one attached hydrogen (secondary N) is 1. The molecular formula is C40H52FN7O5. The first-order valence-electron chi connectivity index (χ1n) is 19.5. The molecule has 2 aliphatic carbocycles. The van der Waals surface area contributed by atoms with Crippen LogP contribution < -0.4 is 14.4 Å². The smallest absolute Gasteiger partial charge is 0.319 e. The van der Waals surface area contributed by atoms with Crippen molar-refractivity contribution in [2.45, 2.75) is 96.2 Å². The Hall–Kier alpha value is -3.65. The summed E-state index contributed by atoms with van der Waals surface area (Å²) in [7, 11) is 1.52. The molecule has 0 unspecified atom stereocenters. The van der Waals surface area contributed by atoms with Crippen molar-refractivity contribution in [1.29, 1.82) is 0 Å². The van der Waals surface area contributed by atoms with Gasteiger partial charge in [-0.15, -0.1) is 0 Å². The van der Waals surface area contributed by atoms with Crippen LogP contribution in [0.5, 0.6) is 11.9 Å². The van der Waals surface area contributed by atoms with Gasteiger partial charge in [0.2, 0.25) is 5.88 Å². The van der Waals surface area contributed by atoms with Crippen molar-refractivity contribution in [3.8, 4) is 23.1 Å². The van der Waals surface area contributed by atoms with Gasteiger partial charge in [-0.2, -0.15) is 15.1 Å². The molecule has 12 nitrogen and oxygen atoms in total. The van der Waals surface area contributed by atoms with Crippen LogP contribution in [-0.2, 0) is 9.47 Å². The zero-order valence-electron chi connectivity index (χ0n) is 31.5. The van der Waals surface area contributed by atoms with Crippen LogP contribution in [0, 0.1) is 30.5 Å². The lowest BCUT2D eigenvalue weighted by Crippen LogP contribution is -2.57. The van der Waals surface area contributed by atoms with E-state index in [4.69, 9.17) is 33.9 Å². The van der Waals surface area contributed by atoms with Crippen molar-refractivity contribution >= 4 is 27.6 Å². The van der Waals surface area contributed by atoms with E-state index >= 15 is 4.39 Å². The first-order chi connectivity index (χ1) is 25.6. The molecule has 0 amide bonds. The average Bonchev–Trinajstić information content (AvgIpc) is 3.75. The molecule has 6 heterocycles. The van der Waals surface area contributed by atoms with E-state index < -0.39 is 11.4 Å². The van der Waals surface area contributed by atoms with Crippen LogP contribution in [0.1, 0.15) is 75.8 Å². The van der Waals surface area contributed by atoms with Gasteiger partial charge in [0.05, 0.1) is 58.4 Å². The van der Waals surface area contributed by atoms with Crippen LogP contribution in [0.25, 0.3) is 33.1 Å². The Balaban J connectivity index is 1.11. The van der Waals surface area contributed by atoms with Gasteiger partial charge < -0.3 is 29.0 Å². The van der Waals surface area contributed by atoms with E-state index in [9.17, 15) is 5.11 Å². The number of H-pyrrole nitrogens is 1. The lowest BCUT2D eigenvalue weighted by Gasteiger charge is -2.53. The summed E-state index contributed by atoms with van der Waals surface area (Å²) in [6.07, 6.45) is 12.3. The van der Waals surface area contributed by atoms with Gasteiger partial charge in [-0.25, -0.2) is 9.37 Å². The van der Waals surface area contributed by atoms with Crippen molar-refractivity contribution in [3.05, 3.63) is 29.2 Å². The Labute approximate surface area is 309 Å². The second-order valence-electron chi connectivity index (χ2n) is 17.0. The van der Waals surface area contributed by atoms with E-state index in [0.717, 1.165) is 61.1 Å². The van der Waals surface area contributed by atoms with Crippen LogP contribution in [0.15, 0.2) is 12.3 Å². The maximum absolute atomic E-state index is 17.3. The number of pyridine rings is 1. The Kier molecular flexibility index (Phi) is 8.79. The molecule has 284 valence electrons. The molecule has 1 spiro atoms. The third kappa shape index (κ3) is 6.02. The fourth-order valence-electron chi connectivity index (χ4n) is 10.3. The summed E-state index contributed by atoms with van der Waals surface area (Å²) < 4.78 is 41.3. The number of likely N-dealkylation sites (tertiary alicyclic amines) is 1. The predicted octanol–water partition coefficient (Wildman–Crippen LogP) is 5.89. The van der Waals surface area contributed by atoms with E-state index in [1.54, 1.807) is 13.1 Å². The molecule has 3 atom stereocenters. The van der Waals surface area contributed by atoms with Gasteiger partial charge in [-0.1, -0.05) is 6.42 Å². The van der Waals surface area contributed by atoms with Crippen molar-refractivity contribution in [2.75, 3.05) is 64.7 Å². The van der Waals surface area contributed by atoms with E-state index in [2.05, 4.69) is 15.1 Å². The van der Waals surface area contributed by atoms with Crippen molar-refractivity contribution in [1.82, 2.24) is 30.0 Å². The number of ether oxygens (including phenoxy) is 4. The molecule has 2 saturated carbocycles. The topological polar surface area (TPSA) is 131 Å². The molecule has 3 aliphatic heterocycles. The summed E-state index contributed by atoms with van der Waals surface area (Å²) in [5.41, 5.74) is 2.74. The molecule has 13 heteroatoms. The minimum atomic E-state index is -1.16. The van der Waals surface area contributed by atoms with Crippen molar-refractivity contribution in [2.24, 2.45) is 10.8 Å². The van der Waals surface area contributed by atoms with Gasteiger partial charge in [-0.05, 0) is 95.9 Å². The number of aromatic amines is 1. The summed E-state index contributed by atoms with van der Waals surface area (Å²) in [4.78, 5) is 19.4. The lowest BCUT2D eigenvalue weighted by atomic mass is 9.69. The molecule has 5 aliphatic rings. The number of aliphatic hydroxyl groups is 1. The molecule has 1 aromatic carbocycles. The molecule has 0 radical (unpaired) electrons.